The van der Waals surface area contributed by atoms with Crippen LogP contribution in [0, 0.1) is 5.92 Å². The van der Waals surface area contributed by atoms with E-state index in [9.17, 15) is 0 Å². The van der Waals surface area contributed by atoms with E-state index in [1.165, 1.54) is 74.0 Å². The van der Waals surface area contributed by atoms with Crippen molar-refractivity contribution in [2.75, 3.05) is 11.5 Å². The molecular formula is C25H46S. The molecule has 1 unspecified atom stereocenters. The van der Waals surface area contributed by atoms with Gasteiger partial charge in [0.15, 0.2) is 0 Å². The summed E-state index contributed by atoms with van der Waals surface area (Å²) in [5.41, 5.74) is 2.68. The molecule has 0 aromatic rings. The number of unbranched alkanes of at least 4 members (excludes halogenated alkanes) is 4. The first-order valence-electron chi connectivity index (χ1n) is 10.6. The molecule has 0 aromatic carbocycles. The minimum Gasteiger partial charge on any atom is -0.160 e. The second-order valence-electron chi connectivity index (χ2n) is 7.39. The Balaban J connectivity index is 0. The molecule has 1 saturated heterocycles. The zero-order valence-electron chi connectivity index (χ0n) is 18.3. The minimum atomic E-state index is 0.924. The third-order valence-electron chi connectivity index (χ3n) is 3.96. The van der Waals surface area contributed by atoms with Gasteiger partial charge in [0.1, 0.15) is 0 Å². The zero-order chi connectivity index (χ0) is 20.0. The molecular weight excluding hydrogens is 332 g/mol. The van der Waals surface area contributed by atoms with E-state index in [1.807, 2.05) is 24.8 Å². The largest absolute Gasteiger partial charge is 0.160 e. The highest BCUT2D eigenvalue weighted by atomic mass is 32.2. The van der Waals surface area contributed by atoms with Gasteiger partial charge in [-0.15, -0.1) is 6.58 Å². The van der Waals surface area contributed by atoms with Crippen LogP contribution >= 0.6 is 11.8 Å². The highest BCUT2D eigenvalue weighted by Crippen LogP contribution is 2.27. The second kappa shape index (κ2) is 22.4. The molecule has 2 rings (SSSR count). The van der Waals surface area contributed by atoms with Gasteiger partial charge < -0.3 is 0 Å². The molecule has 1 aliphatic carbocycles. The quantitative estimate of drug-likeness (QED) is 0.230. The molecule has 0 aromatic heterocycles. The Morgan fingerprint density at radius 3 is 2.12 bits per heavy atom. The summed E-state index contributed by atoms with van der Waals surface area (Å²) in [6, 6.07) is 0. The minimum absolute atomic E-state index is 0.924. The van der Waals surface area contributed by atoms with Gasteiger partial charge in [-0.1, -0.05) is 82.6 Å². The average molecular weight is 379 g/mol. The monoisotopic (exact) mass is 378 g/mol. The average Bonchev–Trinajstić information content (AvgIpc) is 3.43. The summed E-state index contributed by atoms with van der Waals surface area (Å²) in [6.45, 7) is 20.0. The lowest BCUT2D eigenvalue weighted by Gasteiger charge is -1.92. The molecule has 2 aliphatic rings. The number of thioether (sulfide) groups is 1. The van der Waals surface area contributed by atoms with Crippen molar-refractivity contribution in [2.45, 2.75) is 91.9 Å². The maximum absolute atomic E-state index is 3.90. The van der Waals surface area contributed by atoms with Crippen molar-refractivity contribution in [1.29, 1.82) is 0 Å². The standard InChI is InChI=1S/C8H14.C8H16.C7H12.C2H4S/c1-4-5-6-7-8(2)3;1-3-5-7-8-6-4-2;1-6-3-4-7(2)5-6;1-2-3-1/h5-6H,2,4,7H2,1,3H3;3H,1,4-8H2,2H3;7H,1,3-5H2,2H3;1-2H2/b6-5+;;;. The molecule has 0 radical (unpaired) electrons. The number of rotatable bonds is 8. The van der Waals surface area contributed by atoms with Gasteiger partial charge in [0.2, 0.25) is 0 Å². The summed E-state index contributed by atoms with van der Waals surface area (Å²) in [6.07, 6.45) is 19.0. The third-order valence-corrected chi connectivity index (χ3v) is 4.37. The van der Waals surface area contributed by atoms with E-state index >= 15 is 0 Å². The molecule has 1 atom stereocenters. The zero-order valence-corrected chi connectivity index (χ0v) is 19.1. The smallest absolute Gasteiger partial charge is 0.00238 e. The summed E-state index contributed by atoms with van der Waals surface area (Å²) >= 11 is 2.00. The van der Waals surface area contributed by atoms with Crippen molar-refractivity contribution in [3.05, 3.63) is 49.1 Å². The van der Waals surface area contributed by atoms with Crippen LogP contribution < -0.4 is 0 Å². The molecule has 0 amide bonds. The third kappa shape index (κ3) is 31.1. The molecule has 1 aliphatic heterocycles. The van der Waals surface area contributed by atoms with Gasteiger partial charge in [-0.3, -0.25) is 0 Å². The van der Waals surface area contributed by atoms with Gasteiger partial charge in [0, 0.05) is 11.5 Å². The van der Waals surface area contributed by atoms with Crippen LogP contribution in [0.25, 0.3) is 0 Å². The van der Waals surface area contributed by atoms with Gasteiger partial charge in [0.25, 0.3) is 0 Å². The van der Waals surface area contributed by atoms with Crippen molar-refractivity contribution in [3.63, 3.8) is 0 Å². The maximum atomic E-state index is 3.90. The summed E-state index contributed by atoms with van der Waals surface area (Å²) in [7, 11) is 0. The Labute approximate surface area is 170 Å². The summed E-state index contributed by atoms with van der Waals surface area (Å²) in [5, 5.41) is 0. The topological polar surface area (TPSA) is 0 Å². The fraction of sp³-hybridized carbons (Fsp3) is 0.680. The lowest BCUT2D eigenvalue weighted by Crippen LogP contribution is -1.79. The Morgan fingerprint density at radius 2 is 1.81 bits per heavy atom. The van der Waals surface area contributed by atoms with Crippen LogP contribution in [0.4, 0.5) is 0 Å². The Morgan fingerprint density at radius 1 is 1.15 bits per heavy atom. The van der Waals surface area contributed by atoms with Crippen molar-refractivity contribution < 1.29 is 0 Å². The molecule has 26 heavy (non-hydrogen) atoms. The van der Waals surface area contributed by atoms with Gasteiger partial charge >= 0.3 is 0 Å². The van der Waals surface area contributed by atoms with Crippen LogP contribution in [0.3, 0.4) is 0 Å². The van der Waals surface area contributed by atoms with Gasteiger partial charge in [-0.2, -0.15) is 11.8 Å². The Kier molecular flexibility index (Phi) is 23.7. The summed E-state index contributed by atoms with van der Waals surface area (Å²) in [4.78, 5) is 0. The van der Waals surface area contributed by atoms with Crippen LogP contribution in [0.15, 0.2) is 49.1 Å². The molecule has 0 bridgehead atoms. The predicted octanol–water partition coefficient (Wildman–Crippen LogP) is 9.16. The first kappa shape index (κ1) is 27.5. The van der Waals surface area contributed by atoms with E-state index in [4.69, 9.17) is 0 Å². The molecule has 2 fully saturated rings. The van der Waals surface area contributed by atoms with Crippen LogP contribution in [-0.2, 0) is 0 Å². The van der Waals surface area contributed by atoms with Crippen molar-refractivity contribution in [3.8, 4) is 0 Å². The lowest BCUT2D eigenvalue weighted by atomic mass is 10.1. The van der Waals surface area contributed by atoms with Gasteiger partial charge in [-0.05, 0) is 57.8 Å². The highest BCUT2D eigenvalue weighted by molar-refractivity contribution is 8.06. The lowest BCUT2D eigenvalue weighted by molar-refractivity contribution is 0.620. The Bertz CT molecular complexity index is 360. The van der Waals surface area contributed by atoms with E-state index in [2.05, 4.69) is 52.7 Å². The molecule has 1 heteroatoms. The summed E-state index contributed by atoms with van der Waals surface area (Å²) in [5.74, 6) is 3.76. The second-order valence-corrected chi connectivity index (χ2v) is 8.61. The van der Waals surface area contributed by atoms with Gasteiger partial charge in [0.05, 0.1) is 0 Å². The van der Waals surface area contributed by atoms with Crippen LogP contribution in [-0.4, -0.2) is 11.5 Å². The summed E-state index contributed by atoms with van der Waals surface area (Å²) < 4.78 is 0. The van der Waals surface area contributed by atoms with E-state index in [1.54, 1.807) is 0 Å². The van der Waals surface area contributed by atoms with E-state index in [-0.39, 0.29) is 0 Å². The Hall–Kier alpha value is -0.690. The SMILES string of the molecule is C1CS1.C=C(C)C/C=C/CC.C=C1CCC(C)C1.C=CCCCCCC. The molecule has 0 nitrogen and oxygen atoms in total. The van der Waals surface area contributed by atoms with Crippen LogP contribution in [0.1, 0.15) is 91.9 Å². The van der Waals surface area contributed by atoms with E-state index in [0.717, 1.165) is 18.8 Å². The number of allylic oxidation sites excluding steroid dienone is 5. The maximum Gasteiger partial charge on any atom is 0.00238 e. The molecule has 0 N–H and O–H groups in total. The van der Waals surface area contributed by atoms with Crippen molar-refractivity contribution >= 4 is 11.8 Å². The predicted molar refractivity (Wildman–Crippen MR) is 127 cm³/mol. The van der Waals surface area contributed by atoms with Crippen molar-refractivity contribution in [1.82, 2.24) is 0 Å². The highest BCUT2D eigenvalue weighted by Gasteiger charge is 2.11. The van der Waals surface area contributed by atoms with Crippen molar-refractivity contribution in [2.24, 2.45) is 5.92 Å². The van der Waals surface area contributed by atoms with Crippen LogP contribution in [0.5, 0.6) is 0 Å². The van der Waals surface area contributed by atoms with E-state index in [0.29, 0.717) is 0 Å². The first-order valence-corrected chi connectivity index (χ1v) is 11.8. The first-order chi connectivity index (χ1) is 12.5. The fourth-order valence-corrected chi connectivity index (χ4v) is 2.31. The van der Waals surface area contributed by atoms with E-state index < -0.39 is 0 Å². The molecule has 152 valence electrons. The number of hydrogen-bond donors (Lipinski definition) is 0. The number of hydrogen-bond acceptors (Lipinski definition) is 1. The normalized spacial score (nSPS) is 17.2. The molecule has 1 heterocycles. The van der Waals surface area contributed by atoms with Crippen LogP contribution in [0.2, 0.25) is 0 Å². The molecule has 1 saturated carbocycles. The molecule has 0 spiro atoms. The van der Waals surface area contributed by atoms with Gasteiger partial charge in [-0.25, -0.2) is 0 Å². The fourth-order valence-electron chi connectivity index (χ4n) is 2.31.